The van der Waals surface area contributed by atoms with Crippen LogP contribution < -0.4 is 16.0 Å². The molecule has 131 valence electrons. The van der Waals surface area contributed by atoms with Crippen molar-refractivity contribution in [3.05, 3.63) is 18.2 Å². The molecule has 0 bridgehead atoms. The second-order valence-electron chi connectivity index (χ2n) is 6.63. The molecule has 0 aliphatic carbocycles. The number of hydrogen-bond acceptors (Lipinski definition) is 3. The Hall–Kier alpha value is -2.37. The Morgan fingerprint density at radius 1 is 0.708 bits per heavy atom. The molecule has 0 heterocycles. The van der Waals surface area contributed by atoms with Crippen LogP contribution in [0.3, 0.4) is 0 Å². The molecule has 0 aromatic heterocycles. The van der Waals surface area contributed by atoms with E-state index in [4.69, 9.17) is 0 Å². The summed E-state index contributed by atoms with van der Waals surface area (Å²) in [4.78, 5) is 35.7. The molecule has 1 rings (SSSR count). The summed E-state index contributed by atoms with van der Waals surface area (Å²) in [6, 6.07) is 6.18. The Labute approximate surface area is 143 Å². The van der Waals surface area contributed by atoms with Crippen molar-refractivity contribution in [3.8, 4) is 0 Å². The summed E-state index contributed by atoms with van der Waals surface area (Å²) in [5.74, 6) is -1.05. The highest BCUT2D eigenvalue weighted by Gasteiger charge is 2.14. The molecule has 0 aliphatic heterocycles. The third kappa shape index (κ3) is 6.02. The van der Waals surface area contributed by atoms with Crippen molar-refractivity contribution in [1.29, 1.82) is 0 Å². The van der Waals surface area contributed by atoms with Gasteiger partial charge in [0.2, 0.25) is 17.7 Å². The van der Waals surface area contributed by atoms with Gasteiger partial charge >= 0.3 is 0 Å². The van der Waals surface area contributed by atoms with Gasteiger partial charge in [-0.1, -0.05) is 41.5 Å². The first kappa shape index (κ1) is 19.7. The predicted octanol–water partition coefficient (Wildman–Crippen LogP) is 3.27. The van der Waals surface area contributed by atoms with Crippen LogP contribution in [-0.2, 0) is 14.4 Å². The highest BCUT2D eigenvalue weighted by atomic mass is 16.2. The minimum Gasteiger partial charge on any atom is -0.326 e. The second kappa shape index (κ2) is 8.47. The summed E-state index contributed by atoms with van der Waals surface area (Å²) < 4.78 is 0. The van der Waals surface area contributed by atoms with Gasteiger partial charge in [0, 0.05) is 29.5 Å². The molecule has 1 radical (unpaired) electrons. The van der Waals surface area contributed by atoms with Gasteiger partial charge in [0.15, 0.2) is 0 Å². The van der Waals surface area contributed by atoms with Crippen LogP contribution in [0.2, 0.25) is 0 Å². The van der Waals surface area contributed by atoms with Crippen molar-refractivity contribution in [3.63, 3.8) is 0 Å². The molecular weight excluding hydrogens is 306 g/mol. The van der Waals surface area contributed by atoms with Gasteiger partial charge in [-0.05, 0) is 12.1 Å². The fourth-order valence-corrected chi connectivity index (χ4v) is 1.62. The molecule has 0 atom stereocenters. The van der Waals surface area contributed by atoms with Crippen molar-refractivity contribution in [2.75, 3.05) is 16.0 Å². The second-order valence-corrected chi connectivity index (χ2v) is 6.63. The average molecular weight is 332 g/mol. The highest BCUT2D eigenvalue weighted by Crippen LogP contribution is 2.23. The van der Waals surface area contributed by atoms with E-state index in [2.05, 4.69) is 22.0 Å². The lowest BCUT2D eigenvalue weighted by molar-refractivity contribution is -0.119. The normalized spacial score (nSPS) is 10.9. The van der Waals surface area contributed by atoms with Gasteiger partial charge < -0.3 is 16.0 Å². The number of amides is 3. The van der Waals surface area contributed by atoms with Crippen LogP contribution >= 0.6 is 0 Å². The maximum absolute atomic E-state index is 11.9. The average Bonchev–Trinajstić information content (AvgIpc) is 2.46. The molecule has 1 aromatic rings. The fraction of sp³-hybridized carbons (Fsp3) is 0.500. The van der Waals surface area contributed by atoms with E-state index in [9.17, 15) is 14.4 Å². The van der Waals surface area contributed by atoms with Gasteiger partial charge in [0.05, 0.1) is 11.4 Å². The Balaban J connectivity index is 3.11. The quantitative estimate of drug-likeness (QED) is 0.747. The van der Waals surface area contributed by atoms with Crippen molar-refractivity contribution in [1.82, 2.24) is 0 Å². The number of carbonyl (C=O) groups excluding carboxylic acids is 3. The van der Waals surface area contributed by atoms with E-state index in [1.165, 1.54) is 0 Å². The lowest BCUT2D eigenvalue weighted by Gasteiger charge is -2.15. The molecular formula is C18H26N3O3. The summed E-state index contributed by atoms with van der Waals surface area (Å²) in [6.07, 6.45) is 0. The van der Waals surface area contributed by atoms with Crippen molar-refractivity contribution in [2.24, 2.45) is 17.8 Å². The molecule has 6 nitrogen and oxygen atoms in total. The summed E-state index contributed by atoms with van der Waals surface area (Å²) in [5, 5.41) is 8.23. The van der Waals surface area contributed by atoms with Crippen LogP contribution in [0, 0.1) is 23.8 Å². The van der Waals surface area contributed by atoms with E-state index in [0.717, 1.165) is 0 Å². The number of carbonyl (C=O) groups is 3. The van der Waals surface area contributed by atoms with E-state index in [1.54, 1.807) is 53.7 Å². The maximum Gasteiger partial charge on any atom is 0.226 e. The SMILES string of the molecule is CC(C)C(=O)Nc1[c]c(NC(=O)C(C)C)cc(NC(=O)C(C)C)c1. The summed E-state index contributed by atoms with van der Waals surface area (Å²) >= 11 is 0. The molecule has 1 aromatic carbocycles. The Morgan fingerprint density at radius 3 is 1.38 bits per heavy atom. The first-order chi connectivity index (χ1) is 11.1. The largest absolute Gasteiger partial charge is 0.326 e. The summed E-state index contributed by atoms with van der Waals surface area (Å²) in [7, 11) is 0. The zero-order chi connectivity index (χ0) is 18.4. The van der Waals surface area contributed by atoms with Crippen LogP contribution in [0.15, 0.2) is 12.1 Å². The number of hydrogen-bond donors (Lipinski definition) is 3. The van der Waals surface area contributed by atoms with Crippen molar-refractivity contribution in [2.45, 2.75) is 41.5 Å². The number of benzene rings is 1. The fourth-order valence-electron chi connectivity index (χ4n) is 1.62. The van der Waals surface area contributed by atoms with Gasteiger partial charge in [-0.3, -0.25) is 14.4 Å². The summed E-state index contributed by atoms with van der Waals surface area (Å²) in [5.41, 5.74) is 1.29. The standard InChI is InChI=1S/C18H26N3O3/c1-10(2)16(22)19-13-7-14(20-17(23)11(3)4)9-15(8-13)21-18(24)12(5)6/h7-8,10-12H,1-6H3,(H,19,22)(H,20,23)(H,21,24). The number of rotatable bonds is 6. The van der Waals surface area contributed by atoms with Crippen molar-refractivity contribution < 1.29 is 14.4 Å². The van der Waals surface area contributed by atoms with Crippen LogP contribution in [0.4, 0.5) is 17.1 Å². The molecule has 6 heteroatoms. The Kier molecular flexibility index (Phi) is 6.95. The Bertz CT molecular complexity index is 524. The molecule has 0 saturated carbocycles. The number of nitrogens with one attached hydrogen (secondary N) is 3. The van der Waals surface area contributed by atoms with E-state index in [1.807, 2.05) is 0 Å². The molecule has 0 spiro atoms. The summed E-state index contributed by atoms with van der Waals surface area (Å²) in [6.45, 7) is 10.7. The lowest BCUT2D eigenvalue weighted by Crippen LogP contribution is -2.21. The van der Waals surface area contributed by atoms with Crippen molar-refractivity contribution >= 4 is 34.8 Å². The van der Waals surface area contributed by atoms with Gasteiger partial charge in [-0.15, -0.1) is 0 Å². The third-order valence-electron chi connectivity index (χ3n) is 3.23. The minimum absolute atomic E-state index is 0.150. The Morgan fingerprint density at radius 2 is 1.04 bits per heavy atom. The van der Waals surface area contributed by atoms with Gasteiger partial charge in [-0.2, -0.15) is 0 Å². The molecule has 3 amide bonds. The lowest BCUT2D eigenvalue weighted by atomic mass is 10.1. The monoisotopic (exact) mass is 332 g/mol. The zero-order valence-corrected chi connectivity index (χ0v) is 15.1. The smallest absolute Gasteiger partial charge is 0.226 e. The van der Waals surface area contributed by atoms with Crippen LogP contribution in [0.1, 0.15) is 41.5 Å². The van der Waals surface area contributed by atoms with Gasteiger partial charge in [0.25, 0.3) is 0 Å². The molecule has 24 heavy (non-hydrogen) atoms. The van der Waals surface area contributed by atoms with Crippen LogP contribution in [0.25, 0.3) is 0 Å². The first-order valence-corrected chi connectivity index (χ1v) is 8.10. The molecule has 0 fully saturated rings. The molecule has 3 N–H and O–H groups in total. The van der Waals surface area contributed by atoms with E-state index in [0.29, 0.717) is 17.1 Å². The highest BCUT2D eigenvalue weighted by molar-refractivity contribution is 5.98. The van der Waals surface area contributed by atoms with E-state index >= 15 is 0 Å². The number of anilines is 3. The van der Waals surface area contributed by atoms with Crippen LogP contribution in [0.5, 0.6) is 0 Å². The minimum atomic E-state index is -0.194. The molecule has 0 saturated heterocycles. The third-order valence-corrected chi connectivity index (χ3v) is 3.23. The maximum atomic E-state index is 11.9. The zero-order valence-electron chi connectivity index (χ0n) is 15.1. The predicted molar refractivity (Wildman–Crippen MR) is 95.7 cm³/mol. The molecule has 0 unspecified atom stereocenters. The molecule has 0 aliphatic rings. The first-order valence-electron chi connectivity index (χ1n) is 8.10. The topological polar surface area (TPSA) is 87.3 Å². The van der Waals surface area contributed by atoms with Gasteiger partial charge in [0.1, 0.15) is 0 Å². The van der Waals surface area contributed by atoms with Gasteiger partial charge in [-0.25, -0.2) is 0 Å². The van der Waals surface area contributed by atoms with E-state index < -0.39 is 0 Å². The van der Waals surface area contributed by atoms with Crippen LogP contribution in [-0.4, -0.2) is 17.7 Å². The van der Waals surface area contributed by atoms with E-state index in [-0.39, 0.29) is 35.5 Å².